The minimum atomic E-state index is -0.324. The Morgan fingerprint density at radius 2 is 2.00 bits per heavy atom. The summed E-state index contributed by atoms with van der Waals surface area (Å²) in [4.78, 5) is 19.7. The van der Waals surface area contributed by atoms with Crippen LogP contribution in [0.4, 0.5) is 4.39 Å². The molecule has 1 N–H and O–H groups in total. The smallest absolute Gasteiger partial charge is 0.254 e. The zero-order chi connectivity index (χ0) is 17.4. The van der Waals surface area contributed by atoms with Crippen LogP contribution in [0.2, 0.25) is 0 Å². The van der Waals surface area contributed by atoms with Gasteiger partial charge in [0, 0.05) is 30.1 Å². The van der Waals surface area contributed by atoms with Gasteiger partial charge in [0.2, 0.25) is 0 Å². The lowest BCUT2D eigenvalue weighted by molar-refractivity contribution is 0.0692. The van der Waals surface area contributed by atoms with Crippen LogP contribution in [0.3, 0.4) is 0 Å². The lowest BCUT2D eigenvalue weighted by atomic mass is 9.95. The van der Waals surface area contributed by atoms with Gasteiger partial charge in [-0.2, -0.15) is 0 Å². The van der Waals surface area contributed by atoms with E-state index in [0.717, 1.165) is 56.5 Å². The Morgan fingerprint density at radius 3 is 2.68 bits per heavy atom. The fraction of sp³-hybridized carbons (Fsp3) is 0.500. The Morgan fingerprint density at radius 1 is 1.24 bits per heavy atom. The van der Waals surface area contributed by atoms with E-state index in [1.165, 1.54) is 12.1 Å². The third kappa shape index (κ3) is 3.38. The molecule has 0 unspecified atom stereocenters. The molecule has 2 heterocycles. The summed E-state index contributed by atoms with van der Waals surface area (Å²) in [6.45, 7) is 2.53. The van der Waals surface area contributed by atoms with Crippen molar-refractivity contribution in [1.29, 1.82) is 0 Å². The van der Waals surface area contributed by atoms with E-state index in [4.69, 9.17) is 0 Å². The molecular formula is C20H24FN3O. The number of amides is 1. The Kier molecular flexibility index (Phi) is 4.42. The molecule has 4 nitrogen and oxygen atoms in total. The average molecular weight is 341 g/mol. The van der Waals surface area contributed by atoms with Crippen molar-refractivity contribution in [3.63, 3.8) is 0 Å². The number of benzene rings is 1. The first-order chi connectivity index (χ1) is 12.2. The molecule has 1 saturated carbocycles. The van der Waals surface area contributed by atoms with Gasteiger partial charge in [0.15, 0.2) is 0 Å². The van der Waals surface area contributed by atoms with Crippen LogP contribution in [0.15, 0.2) is 24.3 Å². The van der Waals surface area contributed by atoms with Crippen LogP contribution in [0, 0.1) is 11.7 Å². The number of aromatic nitrogens is 1. The first-order valence-electron chi connectivity index (χ1n) is 9.20. The summed E-state index contributed by atoms with van der Waals surface area (Å²) in [5, 5.41) is 3.85. The molecule has 2 fully saturated rings. The van der Waals surface area contributed by atoms with E-state index in [0.29, 0.717) is 22.8 Å². The van der Waals surface area contributed by atoms with Gasteiger partial charge in [-0.3, -0.25) is 9.78 Å². The van der Waals surface area contributed by atoms with Gasteiger partial charge in [0.25, 0.3) is 5.91 Å². The molecule has 0 spiro atoms. The molecule has 1 saturated heterocycles. The molecule has 1 aromatic heterocycles. The number of fused-ring (bicyclic) bond motifs is 1. The number of nitrogens with zero attached hydrogens (tertiary/aromatic N) is 2. The fourth-order valence-corrected chi connectivity index (χ4v) is 3.78. The van der Waals surface area contributed by atoms with Crippen LogP contribution in [-0.2, 0) is 0 Å². The van der Waals surface area contributed by atoms with Crippen molar-refractivity contribution in [1.82, 2.24) is 15.2 Å². The number of halogens is 1. The highest BCUT2D eigenvalue weighted by molar-refractivity contribution is 6.06. The van der Waals surface area contributed by atoms with E-state index < -0.39 is 0 Å². The molecule has 0 radical (unpaired) electrons. The highest BCUT2D eigenvalue weighted by Crippen LogP contribution is 2.40. The number of rotatable bonds is 4. The molecule has 4 rings (SSSR count). The molecule has 1 aromatic carbocycles. The Hall–Kier alpha value is -2.01. The van der Waals surface area contributed by atoms with E-state index >= 15 is 0 Å². The molecule has 5 heteroatoms. The predicted octanol–water partition coefficient (Wildman–Crippen LogP) is 3.32. The number of likely N-dealkylation sites (tertiary alicyclic amines) is 1. The predicted molar refractivity (Wildman–Crippen MR) is 96.2 cm³/mol. The number of hydrogen-bond donors (Lipinski definition) is 1. The normalized spacial score (nSPS) is 18.7. The molecule has 1 aliphatic carbocycles. The summed E-state index contributed by atoms with van der Waals surface area (Å²) in [5.41, 5.74) is 2.31. The van der Waals surface area contributed by atoms with Crippen molar-refractivity contribution < 1.29 is 9.18 Å². The van der Waals surface area contributed by atoms with Gasteiger partial charge in [-0.25, -0.2) is 4.39 Å². The number of hydrogen-bond acceptors (Lipinski definition) is 3. The lowest BCUT2D eigenvalue weighted by Crippen LogP contribution is -2.40. The minimum absolute atomic E-state index is 0.0165. The monoisotopic (exact) mass is 341 g/mol. The molecule has 1 amide bonds. The van der Waals surface area contributed by atoms with Crippen molar-refractivity contribution in [2.24, 2.45) is 5.92 Å². The van der Waals surface area contributed by atoms with Crippen molar-refractivity contribution in [2.75, 3.05) is 26.7 Å². The van der Waals surface area contributed by atoms with E-state index in [1.807, 2.05) is 18.0 Å². The van der Waals surface area contributed by atoms with Gasteiger partial charge < -0.3 is 10.2 Å². The number of carbonyl (C=O) groups is 1. The minimum Gasteiger partial charge on any atom is -0.339 e. The van der Waals surface area contributed by atoms with Gasteiger partial charge in [-0.15, -0.1) is 0 Å². The Labute approximate surface area is 147 Å². The average Bonchev–Trinajstić information content (AvgIpc) is 3.46. The maximum absolute atomic E-state index is 13.8. The fourth-order valence-electron chi connectivity index (χ4n) is 3.78. The highest BCUT2D eigenvalue weighted by atomic mass is 19.1. The van der Waals surface area contributed by atoms with Crippen LogP contribution in [0.5, 0.6) is 0 Å². The second kappa shape index (κ2) is 6.71. The third-order valence-electron chi connectivity index (χ3n) is 5.41. The van der Waals surface area contributed by atoms with Crippen molar-refractivity contribution in [3.05, 3.63) is 41.3 Å². The zero-order valence-electron chi connectivity index (χ0n) is 14.6. The van der Waals surface area contributed by atoms with Crippen LogP contribution in [0.1, 0.15) is 47.7 Å². The van der Waals surface area contributed by atoms with Gasteiger partial charge in [0.05, 0.1) is 11.1 Å². The number of piperidine rings is 1. The van der Waals surface area contributed by atoms with Gasteiger partial charge in [-0.1, -0.05) is 0 Å². The number of nitrogens with one attached hydrogen (secondary N) is 1. The van der Waals surface area contributed by atoms with E-state index in [2.05, 4.69) is 10.3 Å². The first kappa shape index (κ1) is 16.5. The summed E-state index contributed by atoms with van der Waals surface area (Å²) in [7, 11) is 1.97. The van der Waals surface area contributed by atoms with Gasteiger partial charge in [-0.05, 0) is 69.5 Å². The van der Waals surface area contributed by atoms with E-state index in [9.17, 15) is 9.18 Å². The molecule has 0 bridgehead atoms. The second-order valence-electron chi connectivity index (χ2n) is 7.32. The Bertz CT molecular complexity index is 795. The van der Waals surface area contributed by atoms with Crippen molar-refractivity contribution in [3.8, 4) is 0 Å². The SMILES string of the molecule is CNCC1CCN(C(=O)c2cc(C3CC3)nc3ccc(F)cc23)CC1. The first-order valence-corrected chi connectivity index (χ1v) is 9.20. The van der Waals surface area contributed by atoms with E-state index in [-0.39, 0.29) is 11.7 Å². The van der Waals surface area contributed by atoms with Crippen LogP contribution in [-0.4, -0.2) is 42.5 Å². The maximum atomic E-state index is 13.8. The summed E-state index contributed by atoms with van der Waals surface area (Å²) in [6.07, 6.45) is 4.28. The maximum Gasteiger partial charge on any atom is 0.254 e. The standard InChI is InChI=1S/C20H24FN3O/c1-22-12-13-6-8-24(9-7-13)20(25)17-11-19(14-2-3-14)23-18-5-4-15(21)10-16(17)18/h4-5,10-11,13-14,22H,2-3,6-9,12H2,1H3. The number of carbonyl (C=O) groups excluding carboxylic acids is 1. The lowest BCUT2D eigenvalue weighted by Gasteiger charge is -2.32. The topological polar surface area (TPSA) is 45.2 Å². The second-order valence-corrected chi connectivity index (χ2v) is 7.32. The Balaban J connectivity index is 1.65. The van der Waals surface area contributed by atoms with Crippen molar-refractivity contribution >= 4 is 16.8 Å². The molecule has 25 heavy (non-hydrogen) atoms. The van der Waals surface area contributed by atoms with Gasteiger partial charge >= 0.3 is 0 Å². The summed E-state index contributed by atoms with van der Waals surface area (Å²) in [6, 6.07) is 6.46. The third-order valence-corrected chi connectivity index (χ3v) is 5.41. The number of pyridine rings is 1. The molecule has 2 aromatic rings. The van der Waals surface area contributed by atoms with Crippen LogP contribution >= 0.6 is 0 Å². The molecule has 0 atom stereocenters. The molecule has 132 valence electrons. The largest absolute Gasteiger partial charge is 0.339 e. The summed E-state index contributed by atoms with van der Waals surface area (Å²) in [5.74, 6) is 0.781. The zero-order valence-corrected chi connectivity index (χ0v) is 14.6. The van der Waals surface area contributed by atoms with Crippen LogP contribution < -0.4 is 5.32 Å². The summed E-state index contributed by atoms with van der Waals surface area (Å²) < 4.78 is 13.8. The highest BCUT2D eigenvalue weighted by Gasteiger charge is 2.29. The van der Waals surface area contributed by atoms with Gasteiger partial charge in [0.1, 0.15) is 5.82 Å². The molecule has 1 aliphatic heterocycles. The van der Waals surface area contributed by atoms with Crippen molar-refractivity contribution in [2.45, 2.75) is 31.6 Å². The summed E-state index contributed by atoms with van der Waals surface area (Å²) >= 11 is 0. The quantitative estimate of drug-likeness (QED) is 0.928. The molecular weight excluding hydrogens is 317 g/mol. The van der Waals surface area contributed by atoms with E-state index in [1.54, 1.807) is 6.07 Å². The molecule has 2 aliphatic rings. The van der Waals surface area contributed by atoms with Crippen LogP contribution in [0.25, 0.3) is 10.9 Å².